The lowest BCUT2D eigenvalue weighted by molar-refractivity contribution is -0.117. The number of hydrogen-bond acceptors (Lipinski definition) is 5. The van der Waals surface area contributed by atoms with Gasteiger partial charge in [0.05, 0.1) is 17.3 Å². The maximum atomic E-state index is 11.9. The molecule has 3 aromatic carbocycles. The summed E-state index contributed by atoms with van der Waals surface area (Å²) in [5.74, 6) is 1.92. The highest BCUT2D eigenvalue weighted by molar-refractivity contribution is 7.85. The minimum Gasteiger partial charge on any atom is -0.486 e. The average molecular weight is 446 g/mol. The van der Waals surface area contributed by atoms with E-state index >= 15 is 0 Å². The molecule has 2 atom stereocenters. The molecule has 32 heavy (non-hydrogen) atoms. The number of nitrogens with one attached hydrogen (secondary N) is 1. The Labute approximate surface area is 187 Å². The number of carbonyl (C=O) groups excluding carboxylic acids is 1. The third kappa shape index (κ3) is 3.90. The first-order chi connectivity index (χ1) is 15.6. The van der Waals surface area contributed by atoms with Crippen molar-refractivity contribution in [2.45, 2.75) is 18.9 Å². The summed E-state index contributed by atoms with van der Waals surface area (Å²) >= 11 is -1.54. The summed E-state index contributed by atoms with van der Waals surface area (Å²) in [6.07, 6.45) is 1.58. The third-order valence-electron chi connectivity index (χ3n) is 5.48. The Kier molecular flexibility index (Phi) is 5.25. The van der Waals surface area contributed by atoms with Crippen LogP contribution in [0, 0.1) is 11.3 Å². The Hall–Kier alpha value is -3.83. The molecular weight excluding hydrogens is 426 g/mol. The van der Waals surface area contributed by atoms with Crippen molar-refractivity contribution in [2.24, 2.45) is 0 Å². The minimum atomic E-state index is -1.54. The quantitative estimate of drug-likeness (QED) is 0.643. The van der Waals surface area contributed by atoms with Gasteiger partial charge in [-0.05, 0) is 73.0 Å². The maximum absolute atomic E-state index is 11.9. The van der Waals surface area contributed by atoms with Crippen LogP contribution in [0.5, 0.6) is 17.2 Å². The van der Waals surface area contributed by atoms with Crippen LogP contribution in [-0.4, -0.2) is 16.7 Å². The Bertz CT molecular complexity index is 1240. The summed E-state index contributed by atoms with van der Waals surface area (Å²) in [6, 6.07) is 22.4. The van der Waals surface area contributed by atoms with Gasteiger partial charge in [0.15, 0.2) is 0 Å². The van der Waals surface area contributed by atoms with Crippen LogP contribution in [0.4, 0.5) is 5.69 Å². The Balaban J connectivity index is 1.30. The normalized spacial score (nSPS) is 19.2. The van der Waals surface area contributed by atoms with E-state index in [0.29, 0.717) is 22.7 Å². The van der Waals surface area contributed by atoms with E-state index in [4.69, 9.17) is 14.7 Å². The van der Waals surface area contributed by atoms with Crippen LogP contribution in [0.25, 0.3) is 0 Å². The van der Waals surface area contributed by atoms with Gasteiger partial charge in [0, 0.05) is 5.56 Å². The number of anilines is 1. The summed E-state index contributed by atoms with van der Waals surface area (Å²) < 4.78 is 28.1. The first kappa shape index (κ1) is 20.1. The van der Waals surface area contributed by atoms with Gasteiger partial charge in [-0.25, -0.2) is 4.21 Å². The van der Waals surface area contributed by atoms with E-state index in [0.717, 1.165) is 29.7 Å². The fourth-order valence-electron chi connectivity index (χ4n) is 3.94. The zero-order valence-electron chi connectivity index (χ0n) is 17.0. The molecular formula is C24H19N3O4S. The van der Waals surface area contributed by atoms with E-state index in [1.165, 1.54) is 4.31 Å². The molecule has 5 rings (SSSR count). The van der Waals surface area contributed by atoms with Crippen LogP contribution in [0.1, 0.15) is 29.2 Å². The molecule has 0 saturated carbocycles. The van der Waals surface area contributed by atoms with E-state index in [-0.39, 0.29) is 18.6 Å². The number of amides is 1. The zero-order valence-corrected chi connectivity index (χ0v) is 17.8. The van der Waals surface area contributed by atoms with Crippen molar-refractivity contribution in [1.29, 1.82) is 5.26 Å². The molecule has 0 spiro atoms. The molecule has 0 aromatic heterocycles. The minimum absolute atomic E-state index is 0.0742. The number of benzene rings is 3. The van der Waals surface area contributed by atoms with Crippen LogP contribution < -0.4 is 18.5 Å². The van der Waals surface area contributed by atoms with Crippen molar-refractivity contribution in [2.75, 3.05) is 10.8 Å². The molecule has 1 heterocycles. The first-order valence-electron chi connectivity index (χ1n) is 10.2. The van der Waals surface area contributed by atoms with Gasteiger partial charge in [-0.15, -0.1) is 0 Å². The summed E-state index contributed by atoms with van der Waals surface area (Å²) in [6.45, 7) is 0.0742. The van der Waals surface area contributed by atoms with Gasteiger partial charge >= 0.3 is 0 Å². The molecule has 1 aliphatic carbocycles. The highest BCUT2D eigenvalue weighted by atomic mass is 32.2. The topological polar surface area (TPSA) is 91.7 Å². The van der Waals surface area contributed by atoms with Crippen LogP contribution in [0.2, 0.25) is 0 Å². The predicted octanol–water partition coefficient (Wildman–Crippen LogP) is 3.93. The largest absolute Gasteiger partial charge is 0.486 e. The van der Waals surface area contributed by atoms with Gasteiger partial charge in [0.25, 0.3) is 5.91 Å². The monoisotopic (exact) mass is 445 g/mol. The highest BCUT2D eigenvalue weighted by Gasteiger charge is 2.28. The Morgan fingerprint density at radius 1 is 1.03 bits per heavy atom. The lowest BCUT2D eigenvalue weighted by Crippen LogP contribution is -2.22. The smallest absolute Gasteiger partial charge is 0.253 e. The fraction of sp³-hybridized carbons (Fsp3) is 0.167. The highest BCUT2D eigenvalue weighted by Crippen LogP contribution is 2.41. The van der Waals surface area contributed by atoms with Crippen LogP contribution >= 0.6 is 0 Å². The molecule has 1 aliphatic heterocycles. The van der Waals surface area contributed by atoms with Gasteiger partial charge in [0.1, 0.15) is 29.9 Å². The summed E-state index contributed by atoms with van der Waals surface area (Å²) in [7, 11) is 0. The SMILES string of the molecule is N#Cc1ccc(Oc2cccc3c2CCC3Oc2ccc(N3CC(=O)NS3=O)cc2)cc1. The molecule has 8 heteroatoms. The van der Waals surface area contributed by atoms with Gasteiger partial charge in [-0.3, -0.25) is 13.8 Å². The zero-order chi connectivity index (χ0) is 22.1. The van der Waals surface area contributed by atoms with Crippen LogP contribution in [0.15, 0.2) is 66.7 Å². The van der Waals surface area contributed by atoms with E-state index in [2.05, 4.69) is 16.9 Å². The number of ether oxygens (including phenoxy) is 2. The molecule has 7 nitrogen and oxygen atoms in total. The Morgan fingerprint density at radius 3 is 2.47 bits per heavy atom. The molecule has 0 bridgehead atoms. The first-order valence-corrected chi connectivity index (χ1v) is 11.3. The fourth-order valence-corrected chi connectivity index (χ4v) is 4.86. The maximum Gasteiger partial charge on any atom is 0.253 e. The average Bonchev–Trinajstić information content (AvgIpc) is 3.38. The lowest BCUT2D eigenvalue weighted by Gasteiger charge is -2.17. The third-order valence-corrected chi connectivity index (χ3v) is 6.62. The molecule has 0 radical (unpaired) electrons. The molecule has 3 aromatic rings. The van der Waals surface area contributed by atoms with Crippen LogP contribution in [0.3, 0.4) is 0 Å². The number of rotatable bonds is 5. The Morgan fingerprint density at radius 2 is 1.78 bits per heavy atom. The van der Waals surface area contributed by atoms with Gasteiger partial charge in [0.2, 0.25) is 11.2 Å². The lowest BCUT2D eigenvalue weighted by atomic mass is 10.1. The van der Waals surface area contributed by atoms with Gasteiger partial charge in [-0.2, -0.15) is 5.26 Å². The molecule has 2 aliphatic rings. The number of carbonyl (C=O) groups is 1. The van der Waals surface area contributed by atoms with Crippen LogP contribution in [-0.2, 0) is 22.4 Å². The van der Waals surface area contributed by atoms with Crippen molar-refractivity contribution in [3.63, 3.8) is 0 Å². The van der Waals surface area contributed by atoms with E-state index in [1.807, 2.05) is 24.3 Å². The molecule has 1 saturated heterocycles. The number of nitrogens with zero attached hydrogens (tertiary/aromatic N) is 2. The van der Waals surface area contributed by atoms with Crippen molar-refractivity contribution in [3.05, 3.63) is 83.4 Å². The summed E-state index contributed by atoms with van der Waals surface area (Å²) in [5, 5.41) is 8.95. The van der Waals surface area contributed by atoms with E-state index in [1.54, 1.807) is 36.4 Å². The summed E-state index contributed by atoms with van der Waals surface area (Å²) in [4.78, 5) is 11.4. The van der Waals surface area contributed by atoms with Crippen molar-refractivity contribution in [1.82, 2.24) is 4.72 Å². The molecule has 1 N–H and O–H groups in total. The summed E-state index contributed by atoms with van der Waals surface area (Å²) in [5.41, 5.74) is 3.50. The second kappa shape index (κ2) is 8.36. The van der Waals surface area contributed by atoms with E-state index < -0.39 is 11.2 Å². The molecule has 160 valence electrons. The molecule has 1 amide bonds. The standard InChI is InChI=1S/C24H19N3O4S/c25-14-16-4-8-18(9-5-16)30-22-3-1-2-20-21(22)12-13-23(20)31-19-10-6-17(7-11-19)27-15-24(28)26-32(27)29/h1-11,23H,12-13,15H2,(H,26,28). The predicted molar refractivity (Wildman–Crippen MR) is 119 cm³/mol. The van der Waals surface area contributed by atoms with Crippen molar-refractivity contribution < 1.29 is 18.5 Å². The van der Waals surface area contributed by atoms with Crippen molar-refractivity contribution >= 4 is 22.8 Å². The van der Waals surface area contributed by atoms with Crippen molar-refractivity contribution in [3.8, 4) is 23.3 Å². The number of nitriles is 1. The second-order valence-electron chi connectivity index (χ2n) is 7.51. The van der Waals surface area contributed by atoms with E-state index in [9.17, 15) is 9.00 Å². The molecule has 2 unspecified atom stereocenters. The second-order valence-corrected chi connectivity index (χ2v) is 8.66. The van der Waals surface area contributed by atoms with Gasteiger partial charge in [-0.1, -0.05) is 12.1 Å². The number of fused-ring (bicyclic) bond motifs is 1. The molecule has 1 fully saturated rings. The van der Waals surface area contributed by atoms with Gasteiger partial charge < -0.3 is 9.47 Å². The number of hydrogen-bond donors (Lipinski definition) is 1.